The molecule has 1 atom stereocenters. The van der Waals surface area contributed by atoms with Gasteiger partial charge in [-0.05, 0) is 46.2 Å². The van der Waals surface area contributed by atoms with Gasteiger partial charge in [0.25, 0.3) is 0 Å². The molecule has 0 N–H and O–H groups in total. The number of carbonyl (C=O) groups is 1. The molecule has 1 heterocycles. The van der Waals surface area contributed by atoms with E-state index in [-0.39, 0.29) is 5.92 Å². The maximum atomic E-state index is 12.5. The lowest BCUT2D eigenvalue weighted by atomic mass is 9.96. The molecule has 0 aromatic carbocycles. The predicted molar refractivity (Wildman–Crippen MR) is 99.7 cm³/mol. The zero-order chi connectivity index (χ0) is 16.9. The number of nitrogens with zero attached hydrogens (tertiary/aromatic N) is 2. The maximum Gasteiger partial charge on any atom is 0.226 e. The van der Waals surface area contributed by atoms with Gasteiger partial charge in [0.05, 0.1) is 5.92 Å². The number of carbonyl (C=O) groups excluding carboxylic acids is 1. The van der Waals surface area contributed by atoms with E-state index in [4.69, 9.17) is 0 Å². The summed E-state index contributed by atoms with van der Waals surface area (Å²) in [5.41, 5.74) is 0. The minimum absolute atomic E-state index is 0.248. The lowest BCUT2D eigenvalue weighted by molar-refractivity contribution is -0.137. The lowest BCUT2D eigenvalue weighted by Gasteiger charge is -2.34. The fourth-order valence-corrected chi connectivity index (χ4v) is 3.72. The van der Waals surface area contributed by atoms with E-state index in [2.05, 4.69) is 25.7 Å². The van der Waals surface area contributed by atoms with Gasteiger partial charge in [-0.2, -0.15) is 0 Å². The molecular formula is C20H40N2O. The van der Waals surface area contributed by atoms with Crippen molar-refractivity contribution in [1.29, 1.82) is 0 Å². The fraction of sp³-hybridized carbons (Fsp3) is 0.950. The Kier molecular flexibility index (Phi) is 11.4. The summed E-state index contributed by atoms with van der Waals surface area (Å²) in [5, 5.41) is 0. The number of amides is 1. The minimum Gasteiger partial charge on any atom is -0.343 e. The molecule has 0 spiro atoms. The van der Waals surface area contributed by atoms with Crippen molar-refractivity contribution in [3.8, 4) is 0 Å². The molecule has 0 aromatic heterocycles. The molecule has 0 bridgehead atoms. The molecule has 1 aliphatic rings. The van der Waals surface area contributed by atoms with Crippen molar-refractivity contribution in [2.24, 2.45) is 5.92 Å². The number of unbranched alkanes of at least 4 members (excludes halogenated alkanes) is 7. The third-order valence-electron chi connectivity index (χ3n) is 5.26. The Morgan fingerprint density at radius 1 is 0.957 bits per heavy atom. The highest BCUT2D eigenvalue weighted by molar-refractivity contribution is 5.79. The van der Waals surface area contributed by atoms with Gasteiger partial charge in [-0.15, -0.1) is 0 Å². The van der Waals surface area contributed by atoms with Crippen molar-refractivity contribution in [3.05, 3.63) is 0 Å². The molecular weight excluding hydrogens is 284 g/mol. The van der Waals surface area contributed by atoms with Gasteiger partial charge in [-0.3, -0.25) is 4.79 Å². The summed E-state index contributed by atoms with van der Waals surface area (Å²) in [4.78, 5) is 17.0. The minimum atomic E-state index is 0.248. The van der Waals surface area contributed by atoms with E-state index in [9.17, 15) is 4.79 Å². The average molecular weight is 325 g/mol. The SMILES string of the molecule is CCCCCCCCCCN1CCC[C@H](C(=O)N(CC)CC)C1. The molecule has 0 aromatic rings. The summed E-state index contributed by atoms with van der Waals surface area (Å²) in [7, 11) is 0. The Morgan fingerprint density at radius 2 is 1.57 bits per heavy atom. The van der Waals surface area contributed by atoms with Crippen molar-refractivity contribution in [2.45, 2.75) is 85.0 Å². The lowest BCUT2D eigenvalue weighted by Crippen LogP contribution is -2.45. The Morgan fingerprint density at radius 3 is 2.17 bits per heavy atom. The average Bonchev–Trinajstić information content (AvgIpc) is 2.58. The van der Waals surface area contributed by atoms with Crippen LogP contribution in [0.2, 0.25) is 0 Å². The highest BCUT2D eigenvalue weighted by Gasteiger charge is 2.27. The van der Waals surface area contributed by atoms with Crippen LogP contribution in [-0.2, 0) is 4.79 Å². The first-order valence-corrected chi connectivity index (χ1v) is 10.2. The topological polar surface area (TPSA) is 23.6 Å². The number of hydrogen-bond donors (Lipinski definition) is 0. The van der Waals surface area contributed by atoms with Gasteiger partial charge in [-0.1, -0.05) is 51.9 Å². The summed E-state index contributed by atoms with van der Waals surface area (Å²) in [5.74, 6) is 0.633. The first-order valence-electron chi connectivity index (χ1n) is 10.2. The first-order chi connectivity index (χ1) is 11.2. The summed E-state index contributed by atoms with van der Waals surface area (Å²) in [6.45, 7) is 11.5. The molecule has 0 radical (unpaired) electrons. The number of piperidine rings is 1. The van der Waals surface area contributed by atoms with Crippen molar-refractivity contribution >= 4 is 5.91 Å². The molecule has 1 fully saturated rings. The monoisotopic (exact) mass is 324 g/mol. The summed E-state index contributed by atoms with van der Waals surface area (Å²) in [6, 6.07) is 0. The summed E-state index contributed by atoms with van der Waals surface area (Å²) >= 11 is 0. The third-order valence-corrected chi connectivity index (χ3v) is 5.26. The Labute approximate surface area is 144 Å². The molecule has 3 heteroatoms. The molecule has 1 aliphatic heterocycles. The van der Waals surface area contributed by atoms with Crippen molar-refractivity contribution in [3.63, 3.8) is 0 Å². The second kappa shape index (κ2) is 12.8. The van der Waals surface area contributed by atoms with Gasteiger partial charge < -0.3 is 9.80 Å². The quantitative estimate of drug-likeness (QED) is 0.485. The predicted octanol–water partition coefficient (Wildman–Crippen LogP) is 4.71. The Hall–Kier alpha value is -0.570. The fourth-order valence-electron chi connectivity index (χ4n) is 3.72. The van der Waals surface area contributed by atoms with Crippen LogP contribution in [-0.4, -0.2) is 48.4 Å². The van der Waals surface area contributed by atoms with Crippen LogP contribution >= 0.6 is 0 Å². The van der Waals surface area contributed by atoms with Crippen LogP contribution in [0.1, 0.15) is 85.0 Å². The number of hydrogen-bond acceptors (Lipinski definition) is 2. The van der Waals surface area contributed by atoms with E-state index in [0.29, 0.717) is 5.91 Å². The normalized spacial score (nSPS) is 19.0. The standard InChI is InChI=1S/C20H40N2O/c1-4-7-8-9-10-11-12-13-16-21-17-14-15-19(18-21)20(23)22(5-2)6-3/h19H,4-18H2,1-3H3/t19-/m0/s1. The second-order valence-corrected chi connectivity index (χ2v) is 7.13. The van der Waals surface area contributed by atoms with E-state index in [0.717, 1.165) is 26.1 Å². The largest absolute Gasteiger partial charge is 0.343 e. The summed E-state index contributed by atoms with van der Waals surface area (Å²) in [6.07, 6.45) is 13.3. The van der Waals surface area contributed by atoms with E-state index < -0.39 is 0 Å². The van der Waals surface area contributed by atoms with Gasteiger partial charge in [0.15, 0.2) is 0 Å². The Balaban J connectivity index is 2.14. The second-order valence-electron chi connectivity index (χ2n) is 7.13. The van der Waals surface area contributed by atoms with Crippen LogP contribution < -0.4 is 0 Å². The number of likely N-dealkylation sites (tertiary alicyclic amines) is 1. The van der Waals surface area contributed by atoms with Crippen LogP contribution in [0, 0.1) is 5.92 Å². The van der Waals surface area contributed by atoms with Crippen LogP contribution in [0.3, 0.4) is 0 Å². The van der Waals surface area contributed by atoms with E-state index >= 15 is 0 Å². The van der Waals surface area contributed by atoms with Gasteiger partial charge in [-0.25, -0.2) is 0 Å². The Bertz CT molecular complexity index is 302. The highest BCUT2D eigenvalue weighted by atomic mass is 16.2. The van der Waals surface area contributed by atoms with Crippen molar-refractivity contribution in [1.82, 2.24) is 9.80 Å². The number of rotatable bonds is 12. The molecule has 3 nitrogen and oxygen atoms in total. The molecule has 136 valence electrons. The molecule has 23 heavy (non-hydrogen) atoms. The van der Waals surface area contributed by atoms with Crippen LogP contribution in [0.4, 0.5) is 0 Å². The smallest absolute Gasteiger partial charge is 0.226 e. The van der Waals surface area contributed by atoms with E-state index in [1.54, 1.807) is 0 Å². The van der Waals surface area contributed by atoms with Crippen molar-refractivity contribution in [2.75, 3.05) is 32.7 Å². The van der Waals surface area contributed by atoms with Crippen LogP contribution in [0.25, 0.3) is 0 Å². The summed E-state index contributed by atoms with van der Waals surface area (Å²) < 4.78 is 0. The molecule has 1 saturated heterocycles. The van der Waals surface area contributed by atoms with Crippen LogP contribution in [0.5, 0.6) is 0 Å². The van der Waals surface area contributed by atoms with Gasteiger partial charge in [0.1, 0.15) is 0 Å². The molecule has 1 amide bonds. The van der Waals surface area contributed by atoms with Gasteiger partial charge >= 0.3 is 0 Å². The molecule has 0 saturated carbocycles. The van der Waals surface area contributed by atoms with Gasteiger partial charge in [0.2, 0.25) is 5.91 Å². The molecule has 1 rings (SSSR count). The van der Waals surface area contributed by atoms with Crippen LogP contribution in [0.15, 0.2) is 0 Å². The van der Waals surface area contributed by atoms with E-state index in [1.165, 1.54) is 70.9 Å². The first kappa shape index (κ1) is 20.5. The van der Waals surface area contributed by atoms with Gasteiger partial charge in [0, 0.05) is 19.6 Å². The molecule has 0 unspecified atom stereocenters. The van der Waals surface area contributed by atoms with E-state index in [1.807, 2.05) is 4.90 Å². The maximum absolute atomic E-state index is 12.5. The third kappa shape index (κ3) is 8.19. The highest BCUT2D eigenvalue weighted by Crippen LogP contribution is 2.19. The molecule has 0 aliphatic carbocycles. The zero-order valence-corrected chi connectivity index (χ0v) is 16.0. The zero-order valence-electron chi connectivity index (χ0n) is 16.0. The van der Waals surface area contributed by atoms with Crippen molar-refractivity contribution < 1.29 is 4.79 Å².